The van der Waals surface area contributed by atoms with E-state index < -0.39 is 18.0 Å². The van der Waals surface area contributed by atoms with Gasteiger partial charge in [-0.25, -0.2) is 9.38 Å². The highest BCUT2D eigenvalue weighted by atomic mass is 32.2. The Morgan fingerprint density at radius 3 is 2.69 bits per heavy atom. The van der Waals surface area contributed by atoms with E-state index in [4.69, 9.17) is 5.73 Å². The second-order valence-electron chi connectivity index (χ2n) is 7.12. The number of hydrogen-bond acceptors (Lipinski definition) is 5. The molecule has 1 saturated heterocycles. The van der Waals surface area contributed by atoms with Gasteiger partial charge in [0.25, 0.3) is 0 Å². The molecule has 0 aromatic heterocycles. The Morgan fingerprint density at radius 2 is 2.04 bits per heavy atom. The van der Waals surface area contributed by atoms with Crippen molar-refractivity contribution in [2.75, 3.05) is 18.0 Å². The summed E-state index contributed by atoms with van der Waals surface area (Å²) in [5, 5.41) is 0. The predicted octanol–water partition coefficient (Wildman–Crippen LogP) is 3.98. The monoisotopic (exact) mass is 388 g/mol. The second kappa shape index (κ2) is 6.60. The molecule has 2 aliphatic heterocycles. The van der Waals surface area contributed by atoms with Gasteiger partial charge < -0.3 is 15.4 Å². The van der Waals surface area contributed by atoms with Crippen molar-refractivity contribution < 1.29 is 17.6 Å². The van der Waals surface area contributed by atoms with Crippen molar-refractivity contribution in [3.63, 3.8) is 0 Å². The zero-order chi connectivity index (χ0) is 18.5. The third-order valence-corrected chi connectivity index (χ3v) is 6.06. The average molecular weight is 388 g/mol. The highest BCUT2D eigenvalue weighted by Gasteiger charge is 2.47. The molecule has 9 heteroatoms. The maximum Gasteiger partial charge on any atom is 0.408 e. The number of fused-ring (bicyclic) bond motifs is 1. The van der Waals surface area contributed by atoms with Crippen molar-refractivity contribution >= 4 is 29.2 Å². The molecule has 2 heterocycles. The summed E-state index contributed by atoms with van der Waals surface area (Å²) in [5.41, 5.74) is 6.28. The Kier molecular flexibility index (Phi) is 4.54. The fraction of sp³-hybridized carbons (Fsp3) is 0.588. The number of amidine groups is 1. The molecular formula is C17H20F4N4S. The van der Waals surface area contributed by atoms with Crippen LogP contribution in [0.25, 0.3) is 0 Å². The van der Waals surface area contributed by atoms with E-state index in [2.05, 4.69) is 9.71 Å². The first kappa shape index (κ1) is 17.9. The number of nitrogens with zero attached hydrogens (tertiary/aromatic N) is 2. The lowest BCUT2D eigenvalue weighted by Gasteiger charge is -2.42. The van der Waals surface area contributed by atoms with E-state index in [1.54, 1.807) is 0 Å². The van der Waals surface area contributed by atoms with Crippen LogP contribution in [0.2, 0.25) is 0 Å². The predicted molar refractivity (Wildman–Crippen MR) is 94.2 cm³/mol. The zero-order valence-corrected chi connectivity index (χ0v) is 14.8. The molecule has 26 heavy (non-hydrogen) atoms. The van der Waals surface area contributed by atoms with Crippen LogP contribution in [0.4, 0.5) is 28.9 Å². The Bertz CT molecular complexity index is 732. The summed E-state index contributed by atoms with van der Waals surface area (Å²) < 4.78 is 58.3. The quantitative estimate of drug-likeness (QED) is 0.608. The number of nitrogens with two attached hydrogens (primary N) is 1. The number of anilines is 1. The van der Waals surface area contributed by atoms with Gasteiger partial charge in [-0.3, -0.25) is 0 Å². The Morgan fingerprint density at radius 1 is 1.27 bits per heavy atom. The molecule has 1 aliphatic carbocycles. The van der Waals surface area contributed by atoms with Crippen molar-refractivity contribution in [2.45, 2.75) is 42.8 Å². The van der Waals surface area contributed by atoms with Gasteiger partial charge in [-0.05, 0) is 62.2 Å². The van der Waals surface area contributed by atoms with Crippen LogP contribution in [0.1, 0.15) is 25.7 Å². The summed E-state index contributed by atoms with van der Waals surface area (Å²) in [6.07, 6.45) is -1.89. The SMILES string of the molecule is NC[C@H]1CCN(c2cc(F)cc3c2N=C(C2CC2)NS3)[C@@H](C(F)(F)F)C1. The van der Waals surface area contributed by atoms with Crippen LogP contribution in [0.5, 0.6) is 0 Å². The average Bonchev–Trinajstić information content (AvgIpc) is 3.44. The number of piperidine rings is 1. The van der Waals surface area contributed by atoms with Gasteiger partial charge in [0.15, 0.2) is 0 Å². The van der Waals surface area contributed by atoms with E-state index >= 15 is 0 Å². The lowest BCUT2D eigenvalue weighted by atomic mass is 9.90. The fourth-order valence-electron chi connectivity index (χ4n) is 3.60. The number of aliphatic imine (C=N–C) groups is 1. The number of alkyl halides is 3. The standard InChI is InChI=1S/C17H20F4N4S/c18-11-6-12(15-13(7-11)26-24-16(23-15)10-1-2-10)25-4-3-9(8-22)5-14(25)17(19,20)21/h6-7,9-10,14H,1-5,8,22H2,(H,23,24)/t9-,14+/m0/s1. The number of hydrogen-bond donors (Lipinski definition) is 2. The molecule has 142 valence electrons. The minimum absolute atomic E-state index is 0.0735. The molecule has 0 radical (unpaired) electrons. The van der Waals surface area contributed by atoms with E-state index in [9.17, 15) is 17.6 Å². The summed E-state index contributed by atoms with van der Waals surface area (Å²) in [5.74, 6) is 0.370. The molecule has 4 nitrogen and oxygen atoms in total. The van der Waals surface area contributed by atoms with Gasteiger partial charge in [-0.15, -0.1) is 0 Å². The van der Waals surface area contributed by atoms with Crippen molar-refractivity contribution in [1.82, 2.24) is 4.72 Å². The van der Waals surface area contributed by atoms with Gasteiger partial charge in [0.1, 0.15) is 23.4 Å². The molecule has 1 aromatic rings. The van der Waals surface area contributed by atoms with E-state index in [1.165, 1.54) is 29.0 Å². The molecule has 2 atom stereocenters. The van der Waals surface area contributed by atoms with Crippen LogP contribution >= 0.6 is 11.9 Å². The van der Waals surface area contributed by atoms with Crippen molar-refractivity contribution in [3.05, 3.63) is 17.9 Å². The lowest BCUT2D eigenvalue weighted by molar-refractivity contribution is -0.155. The van der Waals surface area contributed by atoms with E-state index in [1.807, 2.05) is 0 Å². The summed E-state index contributed by atoms with van der Waals surface area (Å²) in [6, 6.07) is 0.828. The van der Waals surface area contributed by atoms with Crippen LogP contribution in [0, 0.1) is 17.7 Å². The van der Waals surface area contributed by atoms with Gasteiger partial charge in [0, 0.05) is 12.5 Å². The first-order valence-electron chi connectivity index (χ1n) is 8.75. The fourth-order valence-corrected chi connectivity index (χ4v) is 4.45. The maximum absolute atomic E-state index is 14.1. The van der Waals surface area contributed by atoms with Crippen molar-refractivity contribution in [2.24, 2.45) is 22.6 Å². The lowest BCUT2D eigenvalue weighted by Crippen LogP contribution is -2.52. The number of rotatable bonds is 3. The Balaban J connectivity index is 1.76. The number of nitrogens with one attached hydrogen (secondary N) is 1. The van der Waals surface area contributed by atoms with E-state index in [-0.39, 0.29) is 31.1 Å². The molecule has 0 spiro atoms. The van der Waals surface area contributed by atoms with Crippen LogP contribution in [-0.2, 0) is 0 Å². The smallest absolute Gasteiger partial charge is 0.358 e. The first-order valence-corrected chi connectivity index (χ1v) is 9.57. The maximum atomic E-state index is 14.1. The van der Waals surface area contributed by atoms with E-state index in [0.29, 0.717) is 22.9 Å². The molecule has 0 amide bonds. The normalized spacial score (nSPS) is 26.2. The van der Waals surface area contributed by atoms with Gasteiger partial charge in [0.05, 0.1) is 10.6 Å². The molecule has 4 rings (SSSR count). The Labute approximate surface area is 153 Å². The third-order valence-electron chi connectivity index (χ3n) is 5.21. The molecule has 2 fully saturated rings. The molecule has 1 aromatic carbocycles. The molecule has 3 N–H and O–H groups in total. The van der Waals surface area contributed by atoms with Crippen molar-refractivity contribution in [3.8, 4) is 0 Å². The highest BCUT2D eigenvalue weighted by molar-refractivity contribution is 7.98. The van der Waals surface area contributed by atoms with Gasteiger partial charge >= 0.3 is 6.18 Å². The van der Waals surface area contributed by atoms with E-state index in [0.717, 1.165) is 18.7 Å². The van der Waals surface area contributed by atoms with Crippen LogP contribution < -0.4 is 15.4 Å². The summed E-state index contributed by atoms with van der Waals surface area (Å²) in [7, 11) is 0. The molecule has 3 aliphatic rings. The molecule has 1 saturated carbocycles. The largest absolute Gasteiger partial charge is 0.408 e. The van der Waals surface area contributed by atoms with Crippen molar-refractivity contribution in [1.29, 1.82) is 0 Å². The van der Waals surface area contributed by atoms with Gasteiger partial charge in [-0.2, -0.15) is 13.2 Å². The van der Waals surface area contributed by atoms with Crippen LogP contribution in [0.15, 0.2) is 22.0 Å². The first-order chi connectivity index (χ1) is 12.4. The van der Waals surface area contributed by atoms with Gasteiger partial charge in [0.2, 0.25) is 0 Å². The highest BCUT2D eigenvalue weighted by Crippen LogP contribution is 2.47. The molecular weight excluding hydrogens is 368 g/mol. The summed E-state index contributed by atoms with van der Waals surface area (Å²) in [4.78, 5) is 6.36. The van der Waals surface area contributed by atoms with Gasteiger partial charge in [-0.1, -0.05) is 0 Å². The second-order valence-corrected chi connectivity index (χ2v) is 7.97. The minimum atomic E-state index is -4.41. The minimum Gasteiger partial charge on any atom is -0.358 e. The Hall–Kier alpha value is -1.48. The van der Waals surface area contributed by atoms with Crippen LogP contribution in [0.3, 0.4) is 0 Å². The number of benzene rings is 1. The molecule has 0 bridgehead atoms. The third kappa shape index (κ3) is 3.38. The zero-order valence-electron chi connectivity index (χ0n) is 14.0. The molecule has 0 unspecified atom stereocenters. The number of halogens is 4. The summed E-state index contributed by atoms with van der Waals surface area (Å²) >= 11 is 1.22. The summed E-state index contributed by atoms with van der Waals surface area (Å²) in [6.45, 7) is 0.416. The topological polar surface area (TPSA) is 53.6 Å². The van der Waals surface area contributed by atoms with Crippen LogP contribution in [-0.4, -0.2) is 31.1 Å².